The van der Waals surface area contributed by atoms with E-state index in [1.54, 1.807) is 0 Å². The number of ether oxygens (including phenoxy) is 1. The van der Waals surface area contributed by atoms with Crippen molar-refractivity contribution >= 4 is 11.3 Å². The highest BCUT2D eigenvalue weighted by atomic mass is 32.1. The van der Waals surface area contributed by atoms with Gasteiger partial charge in [-0.25, -0.2) is 13.8 Å². The van der Waals surface area contributed by atoms with E-state index in [1.165, 1.54) is 0 Å². The highest BCUT2D eigenvalue weighted by Crippen LogP contribution is 2.36. The molecule has 1 unspecified atom stereocenters. The van der Waals surface area contributed by atoms with E-state index in [0.29, 0.717) is 18.3 Å². The van der Waals surface area contributed by atoms with E-state index < -0.39 is 43.0 Å². The van der Waals surface area contributed by atoms with Crippen LogP contribution in [0.4, 0.5) is 30.7 Å². The van der Waals surface area contributed by atoms with Crippen molar-refractivity contribution in [1.29, 1.82) is 0 Å². The Labute approximate surface area is 118 Å². The Balaban J connectivity index is 2.66. The Morgan fingerprint density at radius 1 is 1.29 bits per heavy atom. The fourth-order valence-corrected chi connectivity index (χ4v) is 1.95. The summed E-state index contributed by atoms with van der Waals surface area (Å²) in [5, 5.41) is 0.938. The number of rotatable bonds is 6. The lowest BCUT2D eigenvalue weighted by molar-refractivity contribution is -0.185. The van der Waals surface area contributed by atoms with Crippen LogP contribution in [0.3, 0.4) is 0 Å². The molecule has 0 aromatic carbocycles. The number of alkyl halides is 7. The Bertz CT molecular complexity index is 472. The Hall–Kier alpha value is -0.940. The van der Waals surface area contributed by atoms with E-state index in [9.17, 15) is 30.7 Å². The number of aromatic nitrogens is 1. The summed E-state index contributed by atoms with van der Waals surface area (Å²) in [5.74, 6) is -4.32. The van der Waals surface area contributed by atoms with Crippen molar-refractivity contribution in [3.63, 3.8) is 0 Å². The summed E-state index contributed by atoms with van der Waals surface area (Å²) < 4.78 is 91.1. The van der Waals surface area contributed by atoms with Gasteiger partial charge in [0.15, 0.2) is 5.54 Å². The average Bonchev–Trinajstić information content (AvgIpc) is 2.76. The molecule has 0 saturated carbocycles. The first-order valence-corrected chi connectivity index (χ1v) is 6.30. The van der Waals surface area contributed by atoms with Crippen molar-refractivity contribution in [3.05, 3.63) is 16.1 Å². The number of nitrogens with two attached hydrogens (primary N) is 1. The Morgan fingerprint density at radius 2 is 1.86 bits per heavy atom. The number of halogens is 7. The van der Waals surface area contributed by atoms with Crippen LogP contribution in [0.2, 0.25) is 0 Å². The number of thiazole rings is 1. The van der Waals surface area contributed by atoms with E-state index in [1.807, 2.05) is 0 Å². The lowest BCUT2D eigenvalue weighted by atomic mass is 10.00. The topological polar surface area (TPSA) is 48.1 Å². The van der Waals surface area contributed by atoms with E-state index in [2.05, 4.69) is 9.72 Å². The molecule has 0 bridgehead atoms. The molecule has 0 spiro atoms. The lowest BCUT2D eigenvalue weighted by Gasteiger charge is -2.25. The third-order valence-corrected chi connectivity index (χ3v) is 3.33. The molecule has 0 aliphatic rings. The summed E-state index contributed by atoms with van der Waals surface area (Å²) in [5.41, 5.74) is 1.92. The summed E-state index contributed by atoms with van der Waals surface area (Å²) in [6.07, 6.45) is -8.64. The van der Waals surface area contributed by atoms with Gasteiger partial charge < -0.3 is 10.5 Å². The number of hydrogen-bond donors (Lipinski definition) is 1. The minimum Gasteiger partial charge on any atom is -0.368 e. The maximum Gasteiger partial charge on any atom is 0.411 e. The van der Waals surface area contributed by atoms with E-state index in [-0.39, 0.29) is 5.01 Å². The zero-order valence-electron chi connectivity index (χ0n) is 10.6. The molecule has 0 aliphatic carbocycles. The number of hydrogen-bond acceptors (Lipinski definition) is 4. The van der Waals surface area contributed by atoms with Gasteiger partial charge in [-0.1, -0.05) is 0 Å². The fraction of sp³-hybridized carbons (Fsp3) is 0.700. The van der Waals surface area contributed by atoms with Gasteiger partial charge in [-0.15, -0.1) is 11.3 Å². The van der Waals surface area contributed by atoms with E-state index >= 15 is 0 Å². The zero-order valence-corrected chi connectivity index (χ0v) is 11.4. The molecule has 0 aliphatic heterocycles. The van der Waals surface area contributed by atoms with Gasteiger partial charge in [-0.05, 0) is 6.92 Å². The molecule has 0 fully saturated rings. The first kappa shape index (κ1) is 18.1. The molecule has 1 heterocycles. The van der Waals surface area contributed by atoms with E-state index in [4.69, 9.17) is 5.73 Å². The third-order valence-electron chi connectivity index (χ3n) is 2.51. The maximum absolute atomic E-state index is 12.7. The van der Waals surface area contributed by atoms with Crippen LogP contribution in [0.5, 0.6) is 0 Å². The Kier molecular flexibility index (Phi) is 5.22. The molecule has 122 valence electrons. The SMILES string of the molecule is CC(N)(c1csc(COCC(F)(F)C(F)F)n1)C(F)(F)F. The van der Waals surface area contributed by atoms with Gasteiger partial charge in [0, 0.05) is 5.38 Å². The van der Waals surface area contributed by atoms with Crippen LogP contribution in [-0.4, -0.2) is 30.1 Å². The second-order valence-corrected chi connectivity index (χ2v) is 5.32. The molecule has 0 radical (unpaired) electrons. The minimum absolute atomic E-state index is 0.0732. The first-order chi connectivity index (χ1) is 9.38. The zero-order chi connectivity index (χ0) is 16.5. The first-order valence-electron chi connectivity index (χ1n) is 5.42. The second-order valence-electron chi connectivity index (χ2n) is 4.38. The van der Waals surface area contributed by atoms with Gasteiger partial charge in [0.2, 0.25) is 0 Å². The third kappa shape index (κ3) is 4.27. The molecule has 1 aromatic heterocycles. The molecule has 1 rings (SSSR count). The van der Waals surface area contributed by atoms with Crippen molar-refractivity contribution < 1.29 is 35.5 Å². The minimum atomic E-state index is -4.75. The molecule has 0 saturated heterocycles. The van der Waals surface area contributed by atoms with E-state index in [0.717, 1.165) is 5.38 Å². The predicted octanol–water partition coefficient (Wildman–Crippen LogP) is 3.30. The molecule has 1 aromatic rings. The molecular weight excluding hydrogens is 329 g/mol. The smallest absolute Gasteiger partial charge is 0.368 e. The summed E-state index contributed by atoms with van der Waals surface area (Å²) >= 11 is 0.703. The standard InChI is InChI=1S/C10H11F7N2OS/c1-8(18,10(15,16)17)5-3-21-6(19-5)2-20-4-9(13,14)7(11)12/h3,7H,2,4,18H2,1H3. The highest BCUT2D eigenvalue weighted by Gasteiger charge is 2.51. The lowest BCUT2D eigenvalue weighted by Crippen LogP contribution is -2.48. The highest BCUT2D eigenvalue weighted by molar-refractivity contribution is 7.09. The van der Waals surface area contributed by atoms with Crippen LogP contribution in [0.15, 0.2) is 5.38 Å². The quantitative estimate of drug-likeness (QED) is 0.809. The van der Waals surface area contributed by atoms with Crippen molar-refractivity contribution in [2.75, 3.05) is 6.61 Å². The van der Waals surface area contributed by atoms with Crippen molar-refractivity contribution in [2.45, 2.75) is 37.6 Å². The van der Waals surface area contributed by atoms with Crippen LogP contribution in [0, 0.1) is 0 Å². The van der Waals surface area contributed by atoms with Crippen LogP contribution < -0.4 is 5.73 Å². The second kappa shape index (κ2) is 6.05. The van der Waals surface area contributed by atoms with Gasteiger partial charge in [-0.3, -0.25) is 0 Å². The molecule has 11 heteroatoms. The van der Waals surface area contributed by atoms with Crippen molar-refractivity contribution in [1.82, 2.24) is 4.98 Å². The summed E-state index contributed by atoms with van der Waals surface area (Å²) in [6.45, 7) is -1.46. The molecule has 21 heavy (non-hydrogen) atoms. The van der Waals surface area contributed by atoms with Gasteiger partial charge in [0.05, 0.1) is 12.3 Å². The Morgan fingerprint density at radius 3 is 2.33 bits per heavy atom. The van der Waals surface area contributed by atoms with Crippen LogP contribution in [0.25, 0.3) is 0 Å². The number of nitrogens with zero attached hydrogens (tertiary/aromatic N) is 1. The largest absolute Gasteiger partial charge is 0.411 e. The normalized spacial score (nSPS) is 16.3. The van der Waals surface area contributed by atoms with Crippen LogP contribution in [-0.2, 0) is 16.9 Å². The van der Waals surface area contributed by atoms with Crippen molar-refractivity contribution in [3.8, 4) is 0 Å². The van der Waals surface area contributed by atoms with Gasteiger partial charge in [-0.2, -0.15) is 22.0 Å². The van der Waals surface area contributed by atoms with Gasteiger partial charge in [0.25, 0.3) is 0 Å². The molecule has 1 atom stereocenters. The molecule has 2 N–H and O–H groups in total. The average molecular weight is 340 g/mol. The summed E-state index contributed by atoms with van der Waals surface area (Å²) in [4.78, 5) is 3.53. The van der Waals surface area contributed by atoms with Gasteiger partial charge in [0.1, 0.15) is 11.6 Å². The summed E-state index contributed by atoms with van der Waals surface area (Å²) in [7, 11) is 0. The maximum atomic E-state index is 12.7. The summed E-state index contributed by atoms with van der Waals surface area (Å²) in [6, 6.07) is 0. The van der Waals surface area contributed by atoms with Crippen molar-refractivity contribution in [2.24, 2.45) is 5.73 Å². The fourth-order valence-electron chi connectivity index (χ4n) is 1.10. The van der Waals surface area contributed by atoms with Gasteiger partial charge >= 0.3 is 18.5 Å². The van der Waals surface area contributed by atoms with Crippen LogP contribution >= 0.6 is 11.3 Å². The van der Waals surface area contributed by atoms with Crippen LogP contribution in [0.1, 0.15) is 17.6 Å². The molecule has 3 nitrogen and oxygen atoms in total. The monoisotopic (exact) mass is 340 g/mol. The molecule has 0 amide bonds. The molecular formula is C10H11F7N2OS. The predicted molar refractivity (Wildman–Crippen MR) is 60.3 cm³/mol.